The summed E-state index contributed by atoms with van der Waals surface area (Å²) >= 11 is 6.17. The van der Waals surface area contributed by atoms with Crippen LogP contribution in [-0.2, 0) is 19.6 Å². The van der Waals surface area contributed by atoms with Crippen molar-refractivity contribution in [2.45, 2.75) is 70.4 Å². The van der Waals surface area contributed by atoms with Gasteiger partial charge in [0.15, 0.2) is 6.61 Å². The smallest absolute Gasteiger partial charge is 0.338 e. The van der Waals surface area contributed by atoms with Gasteiger partial charge in [0.1, 0.15) is 4.90 Å². The Morgan fingerprint density at radius 1 is 1.07 bits per heavy atom. The number of carbonyl (C=O) groups is 2. The highest BCUT2D eigenvalue weighted by atomic mass is 35.5. The fourth-order valence-electron chi connectivity index (χ4n) is 3.71. The molecule has 1 aliphatic rings. The molecule has 30 heavy (non-hydrogen) atoms. The molecule has 168 valence electrons. The number of amides is 1. The Bertz CT molecular complexity index is 854. The number of carbonyl (C=O) groups excluding carboxylic acids is 2. The molecule has 0 bridgehead atoms. The van der Waals surface area contributed by atoms with E-state index in [1.54, 1.807) is 4.90 Å². The lowest BCUT2D eigenvalue weighted by molar-refractivity contribution is -0.138. The van der Waals surface area contributed by atoms with E-state index < -0.39 is 22.6 Å². The average molecular weight is 459 g/mol. The summed E-state index contributed by atoms with van der Waals surface area (Å²) in [6, 6.07) is 3.95. The number of nitrogens with zero attached hydrogens (tertiary/aromatic N) is 2. The maximum absolute atomic E-state index is 13.1. The van der Waals surface area contributed by atoms with Gasteiger partial charge in [0.2, 0.25) is 10.0 Å². The first kappa shape index (κ1) is 24.6. The van der Waals surface area contributed by atoms with Gasteiger partial charge in [-0.15, -0.1) is 0 Å². The third-order valence-electron chi connectivity index (χ3n) is 5.08. The number of ether oxygens (including phenoxy) is 1. The summed E-state index contributed by atoms with van der Waals surface area (Å²) in [6.45, 7) is 8.01. The van der Waals surface area contributed by atoms with Gasteiger partial charge in [-0.2, -0.15) is 4.31 Å². The van der Waals surface area contributed by atoms with Crippen molar-refractivity contribution in [3.63, 3.8) is 0 Å². The number of sulfonamides is 1. The van der Waals surface area contributed by atoms with Gasteiger partial charge in [0.25, 0.3) is 5.91 Å². The van der Waals surface area contributed by atoms with E-state index in [1.807, 2.05) is 27.7 Å². The van der Waals surface area contributed by atoms with Gasteiger partial charge in [-0.25, -0.2) is 13.2 Å². The molecule has 0 spiro atoms. The molecule has 0 unspecified atom stereocenters. The largest absolute Gasteiger partial charge is 0.452 e. The maximum atomic E-state index is 13.1. The lowest BCUT2D eigenvalue weighted by Crippen LogP contribution is -2.44. The molecule has 1 heterocycles. The third kappa shape index (κ3) is 5.95. The molecule has 0 aliphatic carbocycles. The molecule has 0 atom stereocenters. The second-order valence-corrected chi connectivity index (χ2v) is 10.3. The van der Waals surface area contributed by atoms with Gasteiger partial charge in [0, 0.05) is 25.2 Å². The highest BCUT2D eigenvalue weighted by Gasteiger charge is 2.29. The lowest BCUT2D eigenvalue weighted by atomic mass is 10.2. The Morgan fingerprint density at radius 2 is 1.63 bits per heavy atom. The zero-order chi connectivity index (χ0) is 22.5. The summed E-state index contributed by atoms with van der Waals surface area (Å²) in [5.74, 6) is -1.07. The zero-order valence-electron chi connectivity index (χ0n) is 18.1. The molecule has 0 aromatic heterocycles. The molecule has 1 amide bonds. The van der Waals surface area contributed by atoms with Crippen molar-refractivity contribution in [3.05, 3.63) is 28.8 Å². The van der Waals surface area contributed by atoms with E-state index in [-0.39, 0.29) is 33.5 Å². The van der Waals surface area contributed by atoms with Gasteiger partial charge in [-0.3, -0.25) is 4.79 Å². The topological polar surface area (TPSA) is 84.0 Å². The van der Waals surface area contributed by atoms with Crippen LogP contribution in [0.2, 0.25) is 5.02 Å². The summed E-state index contributed by atoms with van der Waals surface area (Å²) in [7, 11) is -3.82. The van der Waals surface area contributed by atoms with Crippen LogP contribution in [0.15, 0.2) is 23.1 Å². The number of hydrogen-bond donors (Lipinski definition) is 0. The maximum Gasteiger partial charge on any atom is 0.338 e. The summed E-state index contributed by atoms with van der Waals surface area (Å²) in [5.41, 5.74) is 0.0428. The average Bonchev–Trinajstić information content (AvgIpc) is 2.95. The molecule has 9 heteroatoms. The van der Waals surface area contributed by atoms with E-state index in [0.29, 0.717) is 13.1 Å². The Morgan fingerprint density at radius 3 is 2.17 bits per heavy atom. The highest BCUT2D eigenvalue weighted by molar-refractivity contribution is 7.89. The van der Waals surface area contributed by atoms with Crippen LogP contribution in [0.3, 0.4) is 0 Å². The fourth-order valence-corrected chi connectivity index (χ4v) is 5.72. The highest BCUT2D eigenvalue weighted by Crippen LogP contribution is 2.28. The van der Waals surface area contributed by atoms with Gasteiger partial charge in [-0.1, -0.05) is 24.4 Å². The first-order chi connectivity index (χ1) is 14.1. The molecule has 1 aromatic rings. The lowest BCUT2D eigenvalue weighted by Gasteiger charge is -2.30. The van der Waals surface area contributed by atoms with E-state index in [2.05, 4.69) is 0 Å². The number of rotatable bonds is 7. The Hall–Kier alpha value is -1.64. The second kappa shape index (κ2) is 10.6. The minimum absolute atomic E-state index is 0.0305. The monoisotopic (exact) mass is 458 g/mol. The first-order valence-corrected chi connectivity index (χ1v) is 12.2. The normalized spacial score (nSPS) is 15.8. The van der Waals surface area contributed by atoms with E-state index in [9.17, 15) is 18.0 Å². The summed E-state index contributed by atoms with van der Waals surface area (Å²) in [4.78, 5) is 26.4. The molecule has 0 radical (unpaired) electrons. The molecule has 1 saturated heterocycles. The van der Waals surface area contributed by atoms with Gasteiger partial charge in [-0.05, 0) is 58.7 Å². The van der Waals surface area contributed by atoms with Crippen molar-refractivity contribution < 1.29 is 22.7 Å². The number of esters is 1. The summed E-state index contributed by atoms with van der Waals surface area (Å²) in [6.07, 6.45) is 3.57. The molecule has 7 nitrogen and oxygen atoms in total. The number of hydrogen-bond acceptors (Lipinski definition) is 5. The molecule has 1 aromatic carbocycles. The summed E-state index contributed by atoms with van der Waals surface area (Å²) in [5, 5.41) is 0.0534. The van der Waals surface area contributed by atoms with Crippen molar-refractivity contribution >= 4 is 33.5 Å². The van der Waals surface area contributed by atoms with Crippen LogP contribution in [0.25, 0.3) is 0 Å². The molecular formula is C21H31ClN2O5S. The Kier molecular flexibility index (Phi) is 8.70. The Balaban J connectivity index is 2.17. The SMILES string of the molecule is CC(C)N(C(=O)COC(=O)c1ccc(Cl)c(S(=O)(=O)N2CCCCCC2)c1)C(C)C. The third-order valence-corrected chi connectivity index (χ3v) is 7.46. The van der Waals surface area contributed by atoms with Crippen LogP contribution in [0.5, 0.6) is 0 Å². The van der Waals surface area contributed by atoms with Crippen molar-refractivity contribution in [1.29, 1.82) is 0 Å². The second-order valence-electron chi connectivity index (χ2n) is 8.03. The van der Waals surface area contributed by atoms with Crippen LogP contribution in [0, 0.1) is 0 Å². The van der Waals surface area contributed by atoms with Gasteiger partial charge < -0.3 is 9.64 Å². The first-order valence-electron chi connectivity index (χ1n) is 10.3. The quantitative estimate of drug-likeness (QED) is 0.581. The van der Waals surface area contributed by atoms with Crippen LogP contribution in [-0.4, -0.2) is 61.3 Å². The fraction of sp³-hybridized carbons (Fsp3) is 0.619. The van der Waals surface area contributed by atoms with E-state index in [4.69, 9.17) is 16.3 Å². The minimum atomic E-state index is -3.82. The predicted molar refractivity (Wildman–Crippen MR) is 116 cm³/mol. The molecule has 1 fully saturated rings. The molecule has 0 N–H and O–H groups in total. The predicted octanol–water partition coefficient (Wildman–Crippen LogP) is 3.71. The van der Waals surface area contributed by atoms with Crippen LogP contribution in [0.1, 0.15) is 63.7 Å². The van der Waals surface area contributed by atoms with Gasteiger partial charge in [0.05, 0.1) is 10.6 Å². The van der Waals surface area contributed by atoms with Gasteiger partial charge >= 0.3 is 5.97 Å². The van der Waals surface area contributed by atoms with E-state index in [0.717, 1.165) is 25.7 Å². The number of benzene rings is 1. The number of halogens is 1. The zero-order valence-corrected chi connectivity index (χ0v) is 19.6. The van der Waals surface area contributed by atoms with Crippen molar-refractivity contribution in [3.8, 4) is 0 Å². The molecular weight excluding hydrogens is 428 g/mol. The Labute approximate surface area is 184 Å². The summed E-state index contributed by atoms with van der Waals surface area (Å²) < 4.78 is 32.7. The van der Waals surface area contributed by atoms with Crippen molar-refractivity contribution in [2.24, 2.45) is 0 Å². The minimum Gasteiger partial charge on any atom is -0.452 e. The standard InChI is InChI=1S/C21H31ClN2O5S/c1-15(2)24(16(3)4)20(25)14-29-21(26)17-9-10-18(22)19(13-17)30(27,28)23-11-7-5-6-8-12-23/h9-10,13,15-16H,5-8,11-12,14H2,1-4H3. The van der Waals surface area contributed by atoms with Crippen molar-refractivity contribution in [2.75, 3.05) is 19.7 Å². The molecule has 2 rings (SSSR count). The van der Waals surface area contributed by atoms with Crippen LogP contribution in [0.4, 0.5) is 0 Å². The van der Waals surface area contributed by atoms with E-state index >= 15 is 0 Å². The van der Waals surface area contributed by atoms with Crippen molar-refractivity contribution in [1.82, 2.24) is 9.21 Å². The van der Waals surface area contributed by atoms with Crippen LogP contribution >= 0.6 is 11.6 Å². The van der Waals surface area contributed by atoms with Crippen LogP contribution < -0.4 is 0 Å². The van der Waals surface area contributed by atoms with E-state index in [1.165, 1.54) is 22.5 Å². The molecule has 0 saturated carbocycles. The molecule has 1 aliphatic heterocycles.